The molecule has 7 nitrogen and oxygen atoms in total. The van der Waals surface area contributed by atoms with Crippen LogP contribution in [-0.2, 0) is 32.6 Å². The predicted molar refractivity (Wildman–Crippen MR) is 123 cm³/mol. The quantitative estimate of drug-likeness (QED) is 0.666. The van der Waals surface area contributed by atoms with E-state index in [0.29, 0.717) is 29.2 Å². The second-order valence-electron chi connectivity index (χ2n) is 8.09. The maximum atomic E-state index is 12.8. The van der Waals surface area contributed by atoms with Crippen LogP contribution in [0.2, 0.25) is 5.02 Å². The molecule has 0 spiro atoms. The van der Waals surface area contributed by atoms with Crippen molar-refractivity contribution in [1.82, 2.24) is 9.62 Å². The minimum absolute atomic E-state index is 0.0290. The highest BCUT2D eigenvalue weighted by atomic mass is 35.5. The van der Waals surface area contributed by atoms with Crippen LogP contribution in [0.5, 0.6) is 0 Å². The molecule has 2 aliphatic heterocycles. The molecule has 1 saturated heterocycles. The molecule has 1 N–H and O–H groups in total. The molecule has 2 heterocycles. The average molecular weight is 476 g/mol. The Morgan fingerprint density at radius 2 is 1.69 bits per heavy atom. The zero-order valence-corrected chi connectivity index (χ0v) is 19.3. The molecule has 0 unspecified atom stereocenters. The number of likely N-dealkylation sites (tertiary alicyclic amines) is 1. The minimum atomic E-state index is -3.73. The van der Waals surface area contributed by atoms with Crippen LogP contribution in [0.1, 0.15) is 36.8 Å². The summed E-state index contributed by atoms with van der Waals surface area (Å²) < 4.78 is 28.1. The van der Waals surface area contributed by atoms with E-state index >= 15 is 0 Å². The summed E-state index contributed by atoms with van der Waals surface area (Å²) in [6.07, 6.45) is 3.00. The first-order chi connectivity index (χ1) is 15.3. The smallest absolute Gasteiger partial charge is 0.240 e. The molecule has 2 aromatic rings. The summed E-state index contributed by atoms with van der Waals surface area (Å²) in [4.78, 5) is 28.6. The monoisotopic (exact) mass is 475 g/mol. The summed E-state index contributed by atoms with van der Waals surface area (Å²) in [5, 5.41) is 0.501. The van der Waals surface area contributed by atoms with E-state index in [1.54, 1.807) is 41.3 Å². The van der Waals surface area contributed by atoms with Crippen LogP contribution in [0.3, 0.4) is 0 Å². The third kappa shape index (κ3) is 4.98. The zero-order valence-electron chi connectivity index (χ0n) is 17.7. The van der Waals surface area contributed by atoms with Gasteiger partial charge in [0.2, 0.25) is 21.8 Å². The summed E-state index contributed by atoms with van der Waals surface area (Å²) >= 11 is 6.11. The Kier molecular flexibility index (Phi) is 6.83. The van der Waals surface area contributed by atoms with Gasteiger partial charge in [-0.2, -0.15) is 0 Å². The van der Waals surface area contributed by atoms with Gasteiger partial charge in [0.15, 0.2) is 0 Å². The number of rotatable bonds is 7. The molecule has 0 atom stereocenters. The SMILES string of the molecule is O=C(CCC(=O)N1CCc2cc(S(=O)(=O)NCc3ccccc3Cl)ccc21)N1CCCC1. The van der Waals surface area contributed by atoms with Gasteiger partial charge in [-0.05, 0) is 54.7 Å². The first kappa shape index (κ1) is 22.8. The largest absolute Gasteiger partial charge is 0.343 e. The Hall–Kier alpha value is -2.42. The number of amides is 2. The molecule has 1 fully saturated rings. The van der Waals surface area contributed by atoms with E-state index in [-0.39, 0.29) is 36.1 Å². The molecular formula is C23H26ClN3O4S. The van der Waals surface area contributed by atoms with Crippen molar-refractivity contribution in [2.75, 3.05) is 24.5 Å². The van der Waals surface area contributed by atoms with Gasteiger partial charge in [-0.3, -0.25) is 9.59 Å². The van der Waals surface area contributed by atoms with Crippen LogP contribution >= 0.6 is 11.6 Å². The second-order valence-corrected chi connectivity index (χ2v) is 10.3. The van der Waals surface area contributed by atoms with E-state index < -0.39 is 10.0 Å². The Morgan fingerprint density at radius 3 is 2.44 bits per heavy atom. The molecule has 170 valence electrons. The van der Waals surface area contributed by atoms with E-state index in [1.165, 1.54) is 6.07 Å². The Bertz CT molecular complexity index is 1130. The number of halogens is 1. The van der Waals surface area contributed by atoms with Crippen molar-refractivity contribution >= 4 is 39.1 Å². The zero-order chi connectivity index (χ0) is 22.7. The molecule has 0 aromatic heterocycles. The molecule has 2 amide bonds. The first-order valence-corrected chi connectivity index (χ1v) is 12.7. The second kappa shape index (κ2) is 9.60. The molecule has 4 rings (SSSR count). The molecule has 9 heteroatoms. The first-order valence-electron chi connectivity index (χ1n) is 10.8. The van der Waals surface area contributed by atoms with Crippen LogP contribution in [0.25, 0.3) is 0 Å². The van der Waals surface area contributed by atoms with Crippen molar-refractivity contribution in [3.05, 3.63) is 58.6 Å². The van der Waals surface area contributed by atoms with Gasteiger partial charge < -0.3 is 9.80 Å². The number of carbonyl (C=O) groups is 2. The highest BCUT2D eigenvalue weighted by molar-refractivity contribution is 7.89. The number of benzene rings is 2. The third-order valence-electron chi connectivity index (χ3n) is 5.98. The Morgan fingerprint density at radius 1 is 0.969 bits per heavy atom. The van der Waals surface area contributed by atoms with E-state index in [4.69, 9.17) is 11.6 Å². The van der Waals surface area contributed by atoms with Crippen molar-refractivity contribution in [2.45, 2.75) is 43.5 Å². The Balaban J connectivity index is 1.39. The number of hydrogen-bond donors (Lipinski definition) is 1. The molecule has 32 heavy (non-hydrogen) atoms. The topological polar surface area (TPSA) is 86.8 Å². The van der Waals surface area contributed by atoms with Crippen molar-refractivity contribution < 1.29 is 18.0 Å². The van der Waals surface area contributed by atoms with Gasteiger partial charge in [-0.15, -0.1) is 0 Å². The van der Waals surface area contributed by atoms with Gasteiger partial charge in [-0.1, -0.05) is 29.8 Å². The lowest BCUT2D eigenvalue weighted by molar-refractivity contribution is -0.132. The van der Waals surface area contributed by atoms with Crippen molar-refractivity contribution in [2.24, 2.45) is 0 Å². The number of carbonyl (C=O) groups excluding carboxylic acids is 2. The van der Waals surface area contributed by atoms with Crippen LogP contribution in [0.4, 0.5) is 5.69 Å². The molecule has 0 bridgehead atoms. The molecule has 2 aliphatic rings. The lowest BCUT2D eigenvalue weighted by atomic mass is 10.2. The van der Waals surface area contributed by atoms with E-state index in [1.807, 2.05) is 4.90 Å². The lowest BCUT2D eigenvalue weighted by Crippen LogP contribution is -2.32. The summed E-state index contributed by atoms with van der Waals surface area (Å²) in [6.45, 7) is 2.14. The number of fused-ring (bicyclic) bond motifs is 1. The summed E-state index contributed by atoms with van der Waals surface area (Å²) in [7, 11) is -3.73. The van der Waals surface area contributed by atoms with Gasteiger partial charge in [0.1, 0.15) is 0 Å². The summed E-state index contributed by atoms with van der Waals surface area (Å²) in [5.41, 5.74) is 2.22. The average Bonchev–Trinajstić information content (AvgIpc) is 3.46. The number of anilines is 1. The highest BCUT2D eigenvalue weighted by Gasteiger charge is 2.27. The molecular weight excluding hydrogens is 450 g/mol. The van der Waals surface area contributed by atoms with Gasteiger partial charge in [-0.25, -0.2) is 13.1 Å². The summed E-state index contributed by atoms with van der Waals surface area (Å²) in [6, 6.07) is 11.9. The van der Waals surface area contributed by atoms with Crippen molar-refractivity contribution in [3.8, 4) is 0 Å². The normalized spacial score (nSPS) is 15.8. The van der Waals surface area contributed by atoms with Crippen LogP contribution in [-0.4, -0.2) is 44.8 Å². The van der Waals surface area contributed by atoms with Crippen molar-refractivity contribution in [1.29, 1.82) is 0 Å². The lowest BCUT2D eigenvalue weighted by Gasteiger charge is -2.19. The number of nitrogens with zero attached hydrogens (tertiary/aromatic N) is 2. The van der Waals surface area contributed by atoms with Gasteiger partial charge >= 0.3 is 0 Å². The molecule has 0 aliphatic carbocycles. The van der Waals surface area contributed by atoms with Gasteiger partial charge in [0.05, 0.1) is 4.90 Å². The highest BCUT2D eigenvalue weighted by Crippen LogP contribution is 2.31. The third-order valence-corrected chi connectivity index (χ3v) is 7.75. The number of sulfonamides is 1. The van der Waals surface area contributed by atoms with E-state index in [0.717, 1.165) is 31.5 Å². The number of nitrogens with one attached hydrogen (secondary N) is 1. The van der Waals surface area contributed by atoms with Crippen LogP contribution < -0.4 is 9.62 Å². The van der Waals surface area contributed by atoms with Gasteiger partial charge in [0.25, 0.3) is 0 Å². The van der Waals surface area contributed by atoms with E-state index in [2.05, 4.69) is 4.72 Å². The minimum Gasteiger partial charge on any atom is -0.343 e. The van der Waals surface area contributed by atoms with Crippen LogP contribution in [0, 0.1) is 0 Å². The molecule has 2 aromatic carbocycles. The van der Waals surface area contributed by atoms with Gasteiger partial charge in [0, 0.05) is 49.7 Å². The maximum Gasteiger partial charge on any atom is 0.240 e. The number of hydrogen-bond acceptors (Lipinski definition) is 4. The fraction of sp³-hybridized carbons (Fsp3) is 0.391. The standard InChI is InChI=1S/C23H26ClN3O4S/c24-20-6-2-1-5-18(20)16-25-32(30,31)19-7-8-21-17(15-19)11-14-27(21)23(29)10-9-22(28)26-12-3-4-13-26/h1-2,5-8,15,25H,3-4,9-14,16H2. The van der Waals surface area contributed by atoms with Crippen LogP contribution in [0.15, 0.2) is 47.4 Å². The fourth-order valence-corrected chi connectivity index (χ4v) is 5.44. The molecule has 0 saturated carbocycles. The molecule has 0 radical (unpaired) electrons. The van der Waals surface area contributed by atoms with E-state index in [9.17, 15) is 18.0 Å². The summed E-state index contributed by atoms with van der Waals surface area (Å²) in [5.74, 6) is -0.0787. The van der Waals surface area contributed by atoms with Crippen molar-refractivity contribution in [3.63, 3.8) is 0 Å². The Labute approximate surface area is 193 Å². The predicted octanol–water partition coefficient (Wildman–Crippen LogP) is 3.11. The fourth-order valence-electron chi connectivity index (χ4n) is 4.18. The maximum absolute atomic E-state index is 12.8.